The van der Waals surface area contributed by atoms with Gasteiger partial charge in [-0.25, -0.2) is 0 Å². The second kappa shape index (κ2) is 5.96. The topological polar surface area (TPSA) is 58.2 Å². The molecule has 4 heteroatoms. The van der Waals surface area contributed by atoms with Crippen LogP contribution in [0.25, 0.3) is 0 Å². The van der Waals surface area contributed by atoms with E-state index < -0.39 is 0 Å². The zero-order chi connectivity index (χ0) is 19.6. The van der Waals surface area contributed by atoms with Crippen molar-refractivity contribution < 1.29 is 9.59 Å². The third kappa shape index (κ3) is 2.87. The third-order valence-electron chi connectivity index (χ3n) is 8.04. The molecule has 1 heterocycles. The minimum Gasteiger partial charge on any atom is -0.351 e. The Morgan fingerprint density at radius 3 is 2.63 bits per heavy atom. The SMILES string of the molecule is CC(C)(C)NC(=O)[C@@H]1CC[C@H]2[C@@H]3CC=C4NC(=O)C=C[C@]4(C)[C@H]3CC[C@]12C. The highest BCUT2D eigenvalue weighted by molar-refractivity contribution is 5.90. The number of carbonyl (C=O) groups excluding carboxylic acids is 2. The number of carbonyl (C=O) groups is 2. The van der Waals surface area contributed by atoms with E-state index in [4.69, 9.17) is 0 Å². The lowest BCUT2D eigenvalue weighted by molar-refractivity contribution is -0.133. The van der Waals surface area contributed by atoms with Gasteiger partial charge >= 0.3 is 0 Å². The fourth-order valence-corrected chi connectivity index (χ4v) is 6.74. The van der Waals surface area contributed by atoms with Gasteiger partial charge in [0.05, 0.1) is 0 Å². The van der Waals surface area contributed by atoms with Crippen LogP contribution in [0.5, 0.6) is 0 Å². The molecule has 0 saturated heterocycles. The quantitative estimate of drug-likeness (QED) is 0.734. The molecule has 0 spiro atoms. The fourth-order valence-electron chi connectivity index (χ4n) is 6.74. The second-order valence-corrected chi connectivity index (χ2v) is 10.7. The van der Waals surface area contributed by atoms with Gasteiger partial charge in [-0.15, -0.1) is 0 Å². The number of nitrogens with one attached hydrogen (secondary N) is 2. The molecule has 0 radical (unpaired) electrons. The number of hydrogen-bond donors (Lipinski definition) is 2. The average molecular weight is 371 g/mol. The minimum atomic E-state index is -0.177. The first-order valence-electron chi connectivity index (χ1n) is 10.6. The van der Waals surface area contributed by atoms with E-state index in [1.807, 2.05) is 0 Å². The highest BCUT2D eigenvalue weighted by atomic mass is 16.2. The highest BCUT2D eigenvalue weighted by Crippen LogP contribution is 2.64. The first kappa shape index (κ1) is 18.8. The van der Waals surface area contributed by atoms with Crippen molar-refractivity contribution in [1.29, 1.82) is 0 Å². The van der Waals surface area contributed by atoms with Gasteiger partial charge in [0.2, 0.25) is 11.8 Å². The van der Waals surface area contributed by atoms with E-state index in [-0.39, 0.29) is 34.1 Å². The maximum absolute atomic E-state index is 13.0. The molecule has 4 nitrogen and oxygen atoms in total. The van der Waals surface area contributed by atoms with Gasteiger partial charge < -0.3 is 10.6 Å². The van der Waals surface area contributed by atoms with Crippen molar-refractivity contribution in [3.8, 4) is 0 Å². The maximum atomic E-state index is 13.0. The molecule has 2 amide bonds. The molecular formula is C23H34N2O2. The van der Waals surface area contributed by atoms with Crippen molar-refractivity contribution in [1.82, 2.24) is 10.6 Å². The van der Waals surface area contributed by atoms with Crippen LogP contribution in [0.3, 0.4) is 0 Å². The van der Waals surface area contributed by atoms with Crippen molar-refractivity contribution in [3.05, 3.63) is 23.9 Å². The van der Waals surface area contributed by atoms with Crippen molar-refractivity contribution >= 4 is 11.8 Å². The number of allylic oxidation sites excluding steroid dienone is 2. The molecule has 2 fully saturated rings. The van der Waals surface area contributed by atoms with Crippen LogP contribution < -0.4 is 10.6 Å². The summed E-state index contributed by atoms with van der Waals surface area (Å²) in [5, 5.41) is 6.32. The van der Waals surface area contributed by atoms with Gasteiger partial charge in [-0.3, -0.25) is 9.59 Å². The number of hydrogen-bond acceptors (Lipinski definition) is 2. The molecular weight excluding hydrogens is 336 g/mol. The summed E-state index contributed by atoms with van der Waals surface area (Å²) in [6.07, 6.45) is 11.5. The summed E-state index contributed by atoms with van der Waals surface area (Å²) in [5.74, 6) is 2.11. The van der Waals surface area contributed by atoms with Crippen LogP contribution in [0.4, 0.5) is 0 Å². The van der Waals surface area contributed by atoms with E-state index in [1.54, 1.807) is 6.08 Å². The zero-order valence-electron chi connectivity index (χ0n) is 17.4. The standard InChI is InChI=1S/C23H34N2O2/c1-21(2,3)25-20(27)17-8-7-15-14-6-9-18-23(5,13-11-19(26)24-18)16(14)10-12-22(15,17)4/h9,11,13-17H,6-8,10,12H2,1-5H3,(H,24,26)(H,25,27)/t14-,15-,16-,17-,22-,23+/m0/s1. The van der Waals surface area contributed by atoms with Gasteiger partial charge in [0, 0.05) is 28.6 Å². The van der Waals surface area contributed by atoms with Crippen LogP contribution in [0.15, 0.2) is 23.9 Å². The van der Waals surface area contributed by atoms with E-state index in [9.17, 15) is 9.59 Å². The van der Waals surface area contributed by atoms with Gasteiger partial charge in [0.15, 0.2) is 0 Å². The molecule has 1 aliphatic heterocycles. The molecule has 2 N–H and O–H groups in total. The number of fused-ring (bicyclic) bond motifs is 5. The maximum Gasteiger partial charge on any atom is 0.247 e. The molecule has 148 valence electrons. The van der Waals surface area contributed by atoms with Gasteiger partial charge in [0.25, 0.3) is 0 Å². The van der Waals surface area contributed by atoms with Gasteiger partial charge in [-0.05, 0) is 76.0 Å². The highest BCUT2D eigenvalue weighted by Gasteiger charge is 2.59. The predicted octanol–water partition coefficient (Wildman–Crippen LogP) is 3.94. The molecule has 27 heavy (non-hydrogen) atoms. The Bertz CT molecular complexity index is 731. The van der Waals surface area contributed by atoms with E-state index in [0.29, 0.717) is 17.8 Å². The number of amides is 2. The van der Waals surface area contributed by atoms with Crippen LogP contribution in [-0.2, 0) is 9.59 Å². The summed E-state index contributed by atoms with van der Waals surface area (Å²) >= 11 is 0. The summed E-state index contributed by atoms with van der Waals surface area (Å²) in [7, 11) is 0. The first-order chi connectivity index (χ1) is 12.5. The molecule has 3 aliphatic carbocycles. The minimum absolute atomic E-state index is 0.00222. The molecule has 4 aliphatic rings. The Morgan fingerprint density at radius 1 is 1.19 bits per heavy atom. The first-order valence-corrected chi connectivity index (χ1v) is 10.6. The summed E-state index contributed by atoms with van der Waals surface area (Å²) in [5.41, 5.74) is 0.952. The van der Waals surface area contributed by atoms with Gasteiger partial charge in [0.1, 0.15) is 0 Å². The van der Waals surface area contributed by atoms with Crippen molar-refractivity contribution in [2.75, 3.05) is 0 Å². The lowest BCUT2D eigenvalue weighted by Crippen LogP contribution is -2.53. The van der Waals surface area contributed by atoms with E-state index in [0.717, 1.165) is 37.8 Å². The third-order valence-corrected chi connectivity index (χ3v) is 8.04. The predicted molar refractivity (Wildman–Crippen MR) is 107 cm³/mol. The van der Waals surface area contributed by atoms with Crippen LogP contribution in [-0.4, -0.2) is 17.4 Å². The van der Waals surface area contributed by atoms with Crippen LogP contribution in [0.2, 0.25) is 0 Å². The Labute approximate surface area is 163 Å². The molecule has 0 aromatic heterocycles. The van der Waals surface area contributed by atoms with E-state index in [2.05, 4.69) is 57.4 Å². The zero-order valence-corrected chi connectivity index (χ0v) is 17.4. The lowest BCUT2D eigenvalue weighted by atomic mass is 9.50. The Hall–Kier alpha value is -1.58. The summed E-state index contributed by atoms with van der Waals surface area (Å²) in [4.78, 5) is 24.8. The smallest absolute Gasteiger partial charge is 0.247 e. The van der Waals surface area contributed by atoms with Crippen molar-refractivity contribution in [2.24, 2.45) is 34.5 Å². The summed E-state index contributed by atoms with van der Waals surface area (Å²) < 4.78 is 0. The second-order valence-electron chi connectivity index (χ2n) is 10.7. The van der Waals surface area contributed by atoms with E-state index in [1.165, 1.54) is 0 Å². The monoisotopic (exact) mass is 370 g/mol. The largest absolute Gasteiger partial charge is 0.351 e. The normalized spacial score (nSPS) is 43.1. The molecule has 2 saturated carbocycles. The fraction of sp³-hybridized carbons (Fsp3) is 0.739. The Balaban J connectivity index is 1.60. The van der Waals surface area contributed by atoms with Crippen molar-refractivity contribution in [3.63, 3.8) is 0 Å². The van der Waals surface area contributed by atoms with E-state index >= 15 is 0 Å². The molecule has 4 rings (SSSR count). The van der Waals surface area contributed by atoms with Crippen LogP contribution in [0, 0.1) is 34.5 Å². The summed E-state index contributed by atoms with van der Waals surface area (Å²) in [6.45, 7) is 10.8. The average Bonchev–Trinajstić information content (AvgIpc) is 2.91. The Morgan fingerprint density at radius 2 is 1.93 bits per heavy atom. The van der Waals surface area contributed by atoms with Gasteiger partial charge in [-0.1, -0.05) is 26.0 Å². The molecule has 0 unspecified atom stereocenters. The van der Waals surface area contributed by atoms with Crippen LogP contribution in [0.1, 0.15) is 66.7 Å². The number of rotatable bonds is 1. The molecule has 0 aromatic rings. The van der Waals surface area contributed by atoms with Crippen molar-refractivity contribution in [2.45, 2.75) is 72.3 Å². The van der Waals surface area contributed by atoms with Gasteiger partial charge in [-0.2, -0.15) is 0 Å². The Kier molecular flexibility index (Phi) is 4.14. The van der Waals surface area contributed by atoms with Crippen LogP contribution >= 0.6 is 0 Å². The molecule has 6 atom stereocenters. The molecule has 0 bridgehead atoms. The molecule has 0 aromatic carbocycles. The lowest BCUT2D eigenvalue weighted by Gasteiger charge is -2.56. The summed E-state index contributed by atoms with van der Waals surface area (Å²) in [6, 6.07) is 0.